The molecule has 0 aromatic heterocycles. The second-order valence-electron chi connectivity index (χ2n) is 10.2. The van der Waals surface area contributed by atoms with Crippen LogP contribution in [0.2, 0.25) is 18.1 Å². The molecule has 160 valence electrons. The molecule has 0 radical (unpaired) electrons. The highest BCUT2D eigenvalue weighted by Crippen LogP contribution is 2.37. The van der Waals surface area contributed by atoms with Crippen LogP contribution in [0.25, 0.3) is 0 Å². The van der Waals surface area contributed by atoms with Crippen LogP contribution < -0.4 is 5.32 Å². The van der Waals surface area contributed by atoms with Gasteiger partial charge in [-0.15, -0.1) is 5.06 Å². The highest BCUT2D eigenvalue weighted by Gasteiger charge is 2.56. The minimum Gasteiger partial charge on any atom is -0.427 e. The first-order valence-electron chi connectivity index (χ1n) is 9.74. The lowest BCUT2D eigenvalue weighted by Crippen LogP contribution is -2.65. The van der Waals surface area contributed by atoms with Gasteiger partial charge in [0.1, 0.15) is 11.6 Å². The second-order valence-corrected chi connectivity index (χ2v) is 15.0. The number of carbonyl (C=O) groups is 3. The largest absolute Gasteiger partial charge is 0.528 e. The van der Waals surface area contributed by atoms with Crippen molar-refractivity contribution >= 4 is 26.2 Å². The normalized spacial score (nSPS) is 25.6. The Hall–Kier alpha value is -1.45. The van der Waals surface area contributed by atoms with E-state index in [1.807, 2.05) is 0 Å². The first-order chi connectivity index (χ1) is 12.6. The topological polar surface area (TPSA) is 94.2 Å². The average molecular weight is 415 g/mol. The number of β-lactam (4-membered cyclic amide) rings is 1. The highest BCUT2D eigenvalue weighted by molar-refractivity contribution is 6.74. The number of fused-ring (bicyclic) bond motifs is 1. The minimum absolute atomic E-state index is 0.00570. The van der Waals surface area contributed by atoms with Crippen LogP contribution in [-0.2, 0) is 23.6 Å². The van der Waals surface area contributed by atoms with Gasteiger partial charge >= 0.3 is 6.16 Å². The van der Waals surface area contributed by atoms with Gasteiger partial charge in [-0.2, -0.15) is 0 Å². The van der Waals surface area contributed by atoms with E-state index in [0.29, 0.717) is 6.54 Å². The summed E-state index contributed by atoms with van der Waals surface area (Å²) in [4.78, 5) is 41.6. The van der Waals surface area contributed by atoms with Gasteiger partial charge in [-0.25, -0.2) is 4.79 Å². The molecule has 2 saturated heterocycles. The number of ether oxygens (including phenoxy) is 1. The molecular weight excluding hydrogens is 380 g/mol. The zero-order valence-corrected chi connectivity index (χ0v) is 19.3. The molecule has 2 aliphatic heterocycles. The predicted molar refractivity (Wildman–Crippen MR) is 106 cm³/mol. The summed E-state index contributed by atoms with van der Waals surface area (Å²) >= 11 is 0. The third-order valence-corrected chi connectivity index (χ3v) is 10.1. The van der Waals surface area contributed by atoms with Gasteiger partial charge in [0.15, 0.2) is 14.1 Å². The molecule has 2 fully saturated rings. The predicted octanol–water partition coefficient (Wildman–Crippen LogP) is 2.63. The van der Waals surface area contributed by atoms with Crippen LogP contribution in [0.15, 0.2) is 0 Å². The number of hydroxylamine groups is 2. The maximum Gasteiger partial charge on any atom is 0.528 e. The lowest BCUT2D eigenvalue weighted by molar-refractivity contribution is -0.173. The number of amides is 1. The molecule has 0 aromatic rings. The number of Topliss-reactive ketones (excluding diaryl/α,β-unsaturated/α-hetero) is 1. The molecule has 28 heavy (non-hydrogen) atoms. The van der Waals surface area contributed by atoms with Crippen molar-refractivity contribution in [2.75, 3.05) is 13.2 Å². The second kappa shape index (κ2) is 7.76. The molecule has 0 bridgehead atoms. The summed E-state index contributed by atoms with van der Waals surface area (Å²) in [6.45, 7) is 16.2. The molecule has 0 unspecified atom stereocenters. The Kier molecular flexibility index (Phi) is 6.33. The van der Waals surface area contributed by atoms with Gasteiger partial charge in [-0.1, -0.05) is 20.8 Å². The number of nitrogens with one attached hydrogen (secondary N) is 1. The zero-order valence-electron chi connectivity index (χ0n) is 18.3. The summed E-state index contributed by atoms with van der Waals surface area (Å²) in [5.41, 5.74) is -0.686. The lowest BCUT2D eigenvalue weighted by atomic mass is 9.88. The van der Waals surface area contributed by atoms with Crippen molar-refractivity contribution in [3.05, 3.63) is 0 Å². The fourth-order valence-corrected chi connectivity index (χ4v) is 3.97. The van der Waals surface area contributed by atoms with Crippen LogP contribution >= 0.6 is 0 Å². The molecule has 2 heterocycles. The van der Waals surface area contributed by atoms with Crippen molar-refractivity contribution < 1.29 is 28.4 Å². The molecule has 2 rings (SSSR count). The number of hydrogen-bond donors (Lipinski definition) is 1. The fourth-order valence-electron chi connectivity index (χ4n) is 3.02. The monoisotopic (exact) mass is 414 g/mol. The van der Waals surface area contributed by atoms with Gasteiger partial charge in [-0.3, -0.25) is 9.59 Å². The number of ketones is 1. The molecule has 0 aromatic carbocycles. The van der Waals surface area contributed by atoms with Crippen LogP contribution in [0, 0.1) is 5.92 Å². The average Bonchev–Trinajstić information content (AvgIpc) is 2.72. The first-order valence-corrected chi connectivity index (χ1v) is 12.7. The Labute approximate surface area is 168 Å². The van der Waals surface area contributed by atoms with E-state index in [1.165, 1.54) is 5.06 Å². The van der Waals surface area contributed by atoms with E-state index in [4.69, 9.17) is 14.0 Å². The van der Waals surface area contributed by atoms with Crippen LogP contribution in [-0.4, -0.2) is 62.1 Å². The van der Waals surface area contributed by atoms with E-state index in [1.54, 1.807) is 20.8 Å². The maximum atomic E-state index is 12.5. The summed E-state index contributed by atoms with van der Waals surface area (Å²) < 4.78 is 11.1. The fraction of sp³-hybridized carbons (Fsp3) is 0.842. The Morgan fingerprint density at radius 1 is 1.18 bits per heavy atom. The van der Waals surface area contributed by atoms with Crippen LogP contribution in [0.1, 0.15) is 48.0 Å². The van der Waals surface area contributed by atoms with Gasteiger partial charge in [0.25, 0.3) is 0 Å². The standard InChI is InChI=1S/C19H34N2O6Si/c1-18(2,3)26-17(24)27-21-10-12(14-15(21)16(23)20-14)9-13(22)11-25-28(7,8)19(4,5)6/h12,14-15H,9-11H2,1-8H3,(H,20,23)/t12-,14-,15+/m1/s1. The molecule has 1 N–H and O–H groups in total. The van der Waals surface area contributed by atoms with Crippen molar-refractivity contribution in [2.24, 2.45) is 5.92 Å². The number of hydrogen-bond acceptors (Lipinski definition) is 7. The molecule has 3 atom stereocenters. The third-order valence-electron chi connectivity index (χ3n) is 5.62. The van der Waals surface area contributed by atoms with Gasteiger partial charge < -0.3 is 19.3 Å². The third kappa shape index (κ3) is 5.33. The Morgan fingerprint density at radius 3 is 2.29 bits per heavy atom. The lowest BCUT2D eigenvalue weighted by Gasteiger charge is -2.36. The van der Waals surface area contributed by atoms with E-state index in [9.17, 15) is 14.4 Å². The van der Waals surface area contributed by atoms with E-state index in [0.717, 1.165) is 0 Å². The molecule has 0 aliphatic carbocycles. The van der Waals surface area contributed by atoms with E-state index < -0.39 is 26.1 Å². The van der Waals surface area contributed by atoms with Crippen molar-refractivity contribution in [3.63, 3.8) is 0 Å². The quantitative estimate of drug-likeness (QED) is 0.406. The molecule has 0 saturated carbocycles. The van der Waals surface area contributed by atoms with Crippen molar-refractivity contribution in [1.29, 1.82) is 0 Å². The van der Waals surface area contributed by atoms with Crippen molar-refractivity contribution in [1.82, 2.24) is 10.4 Å². The summed E-state index contributed by atoms with van der Waals surface area (Å²) in [6.07, 6.45) is -0.580. The summed E-state index contributed by atoms with van der Waals surface area (Å²) in [7, 11) is -2.00. The molecule has 2 aliphatic rings. The SMILES string of the molecule is CC(C)(C)OC(=O)ON1C[C@@H](CC(=O)CO[Si](C)(C)C(C)(C)C)[C@H]2NC(=O)[C@H]21. The van der Waals surface area contributed by atoms with E-state index in [-0.39, 0.29) is 41.7 Å². The maximum absolute atomic E-state index is 12.5. The van der Waals surface area contributed by atoms with Gasteiger partial charge in [-0.05, 0) is 38.9 Å². The van der Waals surface area contributed by atoms with Gasteiger partial charge in [0.2, 0.25) is 5.91 Å². The highest BCUT2D eigenvalue weighted by atomic mass is 28.4. The van der Waals surface area contributed by atoms with Crippen molar-refractivity contribution in [3.8, 4) is 0 Å². The summed E-state index contributed by atoms with van der Waals surface area (Å²) in [5.74, 6) is -0.337. The van der Waals surface area contributed by atoms with Gasteiger partial charge in [0, 0.05) is 18.9 Å². The minimum atomic E-state index is -2.00. The van der Waals surface area contributed by atoms with Crippen LogP contribution in [0.4, 0.5) is 4.79 Å². The van der Waals surface area contributed by atoms with Crippen LogP contribution in [0.3, 0.4) is 0 Å². The number of nitrogens with zero attached hydrogens (tertiary/aromatic N) is 1. The first kappa shape index (κ1) is 22.8. The van der Waals surface area contributed by atoms with E-state index in [2.05, 4.69) is 39.2 Å². The van der Waals surface area contributed by atoms with Gasteiger partial charge in [0.05, 0.1) is 12.6 Å². The molecule has 9 heteroatoms. The van der Waals surface area contributed by atoms with E-state index >= 15 is 0 Å². The smallest absolute Gasteiger partial charge is 0.427 e. The molecule has 1 amide bonds. The van der Waals surface area contributed by atoms with Crippen molar-refractivity contribution in [2.45, 2.75) is 83.8 Å². The molecule has 8 nitrogen and oxygen atoms in total. The van der Waals surface area contributed by atoms with Crippen LogP contribution in [0.5, 0.6) is 0 Å². The summed E-state index contributed by atoms with van der Waals surface area (Å²) in [5, 5.41) is 4.18. The Balaban J connectivity index is 1.90. The summed E-state index contributed by atoms with van der Waals surface area (Å²) in [6, 6.07) is -0.765. The molecule has 0 spiro atoms. The molecular formula is C19H34N2O6Si. The zero-order chi connectivity index (χ0) is 21.5. The number of rotatable bonds is 6. The number of carbonyl (C=O) groups excluding carboxylic acids is 3. The Bertz CT molecular complexity index is 637. The Morgan fingerprint density at radius 2 is 1.79 bits per heavy atom.